The summed E-state index contributed by atoms with van der Waals surface area (Å²) < 4.78 is 3.59. The van der Waals surface area contributed by atoms with Crippen LogP contribution in [0.15, 0.2) is 24.7 Å². The molecule has 0 saturated carbocycles. The van der Waals surface area contributed by atoms with Crippen molar-refractivity contribution in [1.82, 2.24) is 34.3 Å². The molecule has 0 aromatic carbocycles. The Morgan fingerprint density at radius 3 is 2.78 bits per heavy atom. The molecule has 0 atom stereocenters. The number of nitrogens with zero attached hydrogens (tertiary/aromatic N) is 7. The highest BCUT2D eigenvalue weighted by Crippen LogP contribution is 2.25. The minimum absolute atomic E-state index is 0.188. The van der Waals surface area contributed by atoms with E-state index in [-0.39, 0.29) is 11.8 Å². The largest absolute Gasteiger partial charge is 0.306 e. The zero-order valence-corrected chi connectivity index (χ0v) is 15.8. The van der Waals surface area contributed by atoms with Crippen LogP contribution < -0.4 is 5.32 Å². The third-order valence-corrected chi connectivity index (χ3v) is 5.05. The maximum atomic E-state index is 12.9. The average Bonchev–Trinajstić information content (AvgIpc) is 3.30. The van der Waals surface area contributed by atoms with Crippen LogP contribution in [0.3, 0.4) is 0 Å². The van der Waals surface area contributed by atoms with Gasteiger partial charge < -0.3 is 10.2 Å². The molecule has 4 heterocycles. The molecule has 1 aliphatic heterocycles. The van der Waals surface area contributed by atoms with Crippen LogP contribution in [0.25, 0.3) is 5.78 Å². The van der Waals surface area contributed by atoms with Crippen LogP contribution in [0.1, 0.15) is 54.8 Å². The van der Waals surface area contributed by atoms with Crippen molar-refractivity contribution >= 4 is 17.5 Å². The molecule has 4 rings (SSSR count). The summed E-state index contributed by atoms with van der Waals surface area (Å²) >= 11 is 0. The maximum absolute atomic E-state index is 12.9. The van der Waals surface area contributed by atoms with Gasteiger partial charge in [-0.15, -0.1) is 0 Å². The molecule has 1 saturated heterocycles. The van der Waals surface area contributed by atoms with E-state index < -0.39 is 0 Å². The van der Waals surface area contributed by atoms with Crippen molar-refractivity contribution in [2.45, 2.75) is 38.6 Å². The van der Waals surface area contributed by atoms with Crippen molar-refractivity contribution < 1.29 is 4.79 Å². The van der Waals surface area contributed by atoms with E-state index in [4.69, 9.17) is 0 Å². The number of aromatic nitrogens is 6. The van der Waals surface area contributed by atoms with Crippen LogP contribution in [0.2, 0.25) is 0 Å². The normalized spacial score (nSPS) is 16.3. The first-order valence-electron chi connectivity index (χ1n) is 9.27. The Labute approximate surface area is 157 Å². The van der Waals surface area contributed by atoms with Gasteiger partial charge in [-0.3, -0.25) is 4.79 Å². The van der Waals surface area contributed by atoms with Crippen molar-refractivity contribution in [3.05, 3.63) is 36.0 Å². The molecule has 1 N–H and O–H groups in total. The van der Waals surface area contributed by atoms with Gasteiger partial charge in [0, 0.05) is 6.07 Å². The monoisotopic (exact) mass is 368 g/mol. The van der Waals surface area contributed by atoms with E-state index >= 15 is 0 Å². The Morgan fingerprint density at radius 1 is 1.26 bits per heavy atom. The molecule has 0 aliphatic carbocycles. The minimum atomic E-state index is -0.267. The Balaban J connectivity index is 1.58. The fraction of sp³-hybridized carbons (Fsp3) is 0.500. The number of hydrogen-bond acceptors (Lipinski definition) is 6. The maximum Gasteiger partial charge on any atom is 0.275 e. The fourth-order valence-electron chi connectivity index (χ4n) is 3.49. The first-order valence-corrected chi connectivity index (χ1v) is 9.27. The summed E-state index contributed by atoms with van der Waals surface area (Å²) in [4.78, 5) is 23.7. The van der Waals surface area contributed by atoms with Gasteiger partial charge in [-0.05, 0) is 45.0 Å². The molecular formula is C18H24N8O. The van der Waals surface area contributed by atoms with Gasteiger partial charge in [-0.25, -0.2) is 14.2 Å². The topological polar surface area (TPSA) is 93.2 Å². The van der Waals surface area contributed by atoms with Gasteiger partial charge in [-0.2, -0.15) is 15.2 Å². The summed E-state index contributed by atoms with van der Waals surface area (Å²) in [5.41, 5.74) is 1.22. The molecule has 9 nitrogen and oxygen atoms in total. The van der Waals surface area contributed by atoms with Crippen LogP contribution in [0, 0.1) is 0 Å². The molecule has 1 fully saturated rings. The molecule has 3 aromatic heterocycles. The summed E-state index contributed by atoms with van der Waals surface area (Å²) in [6.45, 7) is 6.15. The lowest BCUT2D eigenvalue weighted by molar-refractivity contribution is 0.102. The van der Waals surface area contributed by atoms with Crippen LogP contribution in [-0.2, 0) is 0 Å². The van der Waals surface area contributed by atoms with Crippen molar-refractivity contribution in [3.63, 3.8) is 0 Å². The van der Waals surface area contributed by atoms with Crippen LogP contribution in [0.5, 0.6) is 0 Å². The minimum Gasteiger partial charge on any atom is -0.306 e. The number of fused-ring (bicyclic) bond motifs is 1. The van der Waals surface area contributed by atoms with Crippen LogP contribution in [-0.4, -0.2) is 60.3 Å². The summed E-state index contributed by atoms with van der Waals surface area (Å²) in [6, 6.07) is 3.90. The van der Waals surface area contributed by atoms with Crippen molar-refractivity contribution in [3.8, 4) is 0 Å². The highest BCUT2D eigenvalue weighted by Gasteiger charge is 2.22. The van der Waals surface area contributed by atoms with Gasteiger partial charge >= 0.3 is 0 Å². The molecule has 0 unspecified atom stereocenters. The molecular weight excluding hydrogens is 344 g/mol. The van der Waals surface area contributed by atoms with Crippen molar-refractivity contribution in [2.75, 3.05) is 25.5 Å². The number of nitrogens with one attached hydrogen (secondary N) is 1. The van der Waals surface area contributed by atoms with Crippen molar-refractivity contribution in [1.29, 1.82) is 0 Å². The Hall–Kier alpha value is -2.81. The van der Waals surface area contributed by atoms with Gasteiger partial charge in [0.1, 0.15) is 17.8 Å². The predicted octanol–water partition coefficient (Wildman–Crippen LogP) is 1.96. The highest BCUT2D eigenvalue weighted by molar-refractivity contribution is 6.02. The van der Waals surface area contributed by atoms with Gasteiger partial charge in [0.2, 0.25) is 0 Å². The SMILES string of the molecule is CC(C)c1cc(C(=O)Nc2ccnn2C2CCN(C)CC2)nc2ncnn12. The molecule has 0 spiro atoms. The summed E-state index contributed by atoms with van der Waals surface area (Å²) in [7, 11) is 2.13. The zero-order valence-electron chi connectivity index (χ0n) is 15.8. The second kappa shape index (κ2) is 7.07. The van der Waals surface area contributed by atoms with Gasteiger partial charge in [0.05, 0.1) is 17.9 Å². The van der Waals surface area contributed by atoms with Gasteiger partial charge in [0.25, 0.3) is 11.7 Å². The predicted molar refractivity (Wildman–Crippen MR) is 101 cm³/mol. The third-order valence-electron chi connectivity index (χ3n) is 5.05. The van der Waals surface area contributed by atoms with Gasteiger partial charge in [0.15, 0.2) is 0 Å². The zero-order chi connectivity index (χ0) is 19.0. The van der Waals surface area contributed by atoms with Crippen LogP contribution in [0.4, 0.5) is 5.82 Å². The van der Waals surface area contributed by atoms with E-state index in [0.29, 0.717) is 23.3 Å². The molecule has 1 aliphatic rings. The lowest BCUT2D eigenvalue weighted by atomic mass is 10.1. The Bertz CT molecular complexity index is 951. The number of rotatable bonds is 4. The van der Waals surface area contributed by atoms with Crippen molar-refractivity contribution in [2.24, 2.45) is 0 Å². The summed E-state index contributed by atoms with van der Waals surface area (Å²) in [5, 5.41) is 11.6. The summed E-state index contributed by atoms with van der Waals surface area (Å²) in [5.74, 6) is 1.05. The molecule has 0 radical (unpaired) electrons. The second-order valence-electron chi connectivity index (χ2n) is 7.34. The van der Waals surface area contributed by atoms with Gasteiger partial charge in [-0.1, -0.05) is 13.8 Å². The average molecular weight is 368 g/mol. The van der Waals surface area contributed by atoms with Crippen LogP contribution >= 0.6 is 0 Å². The standard InChI is InChI=1S/C18H24N8O/c1-12(2)15-10-14(22-18-19-11-21-26(15)18)17(27)23-16-4-7-20-25(16)13-5-8-24(3)9-6-13/h4,7,10-13H,5-6,8-9H2,1-3H3,(H,23,27). The first-order chi connectivity index (χ1) is 13.0. The number of piperidine rings is 1. The first kappa shape index (κ1) is 17.6. The molecule has 0 bridgehead atoms. The quantitative estimate of drug-likeness (QED) is 0.757. The number of hydrogen-bond donors (Lipinski definition) is 1. The number of amides is 1. The number of carbonyl (C=O) groups is 1. The smallest absolute Gasteiger partial charge is 0.275 e. The van der Waals surface area contributed by atoms with E-state index in [0.717, 1.165) is 31.6 Å². The lowest BCUT2D eigenvalue weighted by Gasteiger charge is -2.29. The van der Waals surface area contributed by atoms with E-state index in [1.807, 2.05) is 24.6 Å². The van der Waals surface area contributed by atoms with E-state index in [2.05, 4.69) is 37.4 Å². The van der Waals surface area contributed by atoms with E-state index in [9.17, 15) is 4.79 Å². The third kappa shape index (κ3) is 3.42. The molecule has 1 amide bonds. The molecule has 9 heteroatoms. The van der Waals surface area contributed by atoms with E-state index in [1.165, 1.54) is 6.33 Å². The summed E-state index contributed by atoms with van der Waals surface area (Å²) in [6.07, 6.45) is 5.21. The molecule has 142 valence electrons. The molecule has 3 aromatic rings. The Morgan fingerprint density at radius 2 is 2.04 bits per heavy atom. The Kier molecular flexibility index (Phi) is 4.61. The number of likely N-dealkylation sites (tertiary alicyclic amines) is 1. The second-order valence-corrected chi connectivity index (χ2v) is 7.34. The highest BCUT2D eigenvalue weighted by atomic mass is 16.2. The van der Waals surface area contributed by atoms with E-state index in [1.54, 1.807) is 16.8 Å². The molecule has 27 heavy (non-hydrogen) atoms. The fourth-order valence-corrected chi connectivity index (χ4v) is 3.49. The lowest BCUT2D eigenvalue weighted by Crippen LogP contribution is -2.32. The number of anilines is 1. The number of carbonyl (C=O) groups excluding carboxylic acids is 1.